The Labute approximate surface area is 74.9 Å². The summed E-state index contributed by atoms with van der Waals surface area (Å²) < 4.78 is 5.06. The lowest BCUT2D eigenvalue weighted by Crippen LogP contribution is -2.40. The number of aliphatic hydroxyl groups is 1. The highest BCUT2D eigenvalue weighted by Crippen LogP contribution is 2.36. The summed E-state index contributed by atoms with van der Waals surface area (Å²) in [5.74, 6) is 0.474. The fourth-order valence-corrected chi connectivity index (χ4v) is 2.22. The molecule has 0 saturated heterocycles. The Morgan fingerprint density at radius 3 is 2.42 bits per heavy atom. The predicted octanol–water partition coefficient (Wildman–Crippen LogP) is 1.96. The topological polar surface area (TPSA) is 29.5 Å². The molecule has 1 aliphatic rings. The minimum absolute atomic E-state index is 0.474. The zero-order valence-electron chi connectivity index (χ0n) is 8.18. The van der Waals surface area contributed by atoms with Gasteiger partial charge in [0, 0.05) is 7.11 Å². The van der Waals surface area contributed by atoms with Crippen molar-refractivity contribution < 1.29 is 9.84 Å². The fourth-order valence-electron chi connectivity index (χ4n) is 2.22. The number of hydrogen-bond acceptors (Lipinski definition) is 2. The lowest BCUT2D eigenvalue weighted by Gasteiger charge is -2.32. The maximum Gasteiger partial charge on any atom is 0.0905 e. The van der Waals surface area contributed by atoms with Gasteiger partial charge >= 0.3 is 0 Å². The lowest BCUT2D eigenvalue weighted by atomic mass is 9.84. The van der Waals surface area contributed by atoms with Crippen molar-refractivity contribution in [3.63, 3.8) is 0 Å². The summed E-state index contributed by atoms with van der Waals surface area (Å²) in [6, 6.07) is 0. The van der Waals surface area contributed by atoms with E-state index in [2.05, 4.69) is 0 Å². The van der Waals surface area contributed by atoms with E-state index in [-0.39, 0.29) is 0 Å². The van der Waals surface area contributed by atoms with Gasteiger partial charge in [0.1, 0.15) is 0 Å². The molecule has 0 bridgehead atoms. The molecule has 0 heterocycles. The van der Waals surface area contributed by atoms with Gasteiger partial charge in [0.2, 0.25) is 0 Å². The van der Waals surface area contributed by atoms with Gasteiger partial charge in [-0.25, -0.2) is 0 Å². The van der Waals surface area contributed by atoms with Crippen molar-refractivity contribution in [3.8, 4) is 0 Å². The molecule has 0 amide bonds. The third-order valence-corrected chi connectivity index (χ3v) is 3.12. The van der Waals surface area contributed by atoms with E-state index in [0.717, 1.165) is 6.42 Å². The first-order chi connectivity index (χ1) is 5.73. The maximum absolute atomic E-state index is 10.2. The second kappa shape index (κ2) is 4.24. The molecule has 1 atom stereocenters. The van der Waals surface area contributed by atoms with Crippen LogP contribution in [0.4, 0.5) is 0 Å². The summed E-state index contributed by atoms with van der Waals surface area (Å²) in [7, 11) is 1.66. The van der Waals surface area contributed by atoms with Crippen LogP contribution in [-0.4, -0.2) is 24.4 Å². The minimum Gasteiger partial charge on any atom is -0.387 e. The first kappa shape index (κ1) is 10.0. The van der Waals surface area contributed by atoms with E-state index in [9.17, 15) is 5.11 Å². The van der Waals surface area contributed by atoms with Crippen molar-refractivity contribution in [2.75, 3.05) is 13.7 Å². The Kier molecular flexibility index (Phi) is 3.53. The van der Waals surface area contributed by atoms with Gasteiger partial charge in [-0.1, -0.05) is 19.8 Å². The molecule has 1 N–H and O–H groups in total. The van der Waals surface area contributed by atoms with Crippen LogP contribution in [0.25, 0.3) is 0 Å². The lowest BCUT2D eigenvalue weighted by molar-refractivity contribution is -0.0748. The van der Waals surface area contributed by atoms with E-state index in [4.69, 9.17) is 4.74 Å². The summed E-state index contributed by atoms with van der Waals surface area (Å²) in [4.78, 5) is 0. The first-order valence-electron chi connectivity index (χ1n) is 4.94. The molecule has 12 heavy (non-hydrogen) atoms. The van der Waals surface area contributed by atoms with Gasteiger partial charge in [-0.15, -0.1) is 0 Å². The normalized spacial score (nSPS) is 24.2. The quantitative estimate of drug-likeness (QED) is 0.702. The van der Waals surface area contributed by atoms with Crippen LogP contribution in [0.1, 0.15) is 39.0 Å². The Hall–Kier alpha value is -0.0800. The largest absolute Gasteiger partial charge is 0.387 e. The van der Waals surface area contributed by atoms with Gasteiger partial charge in [0.15, 0.2) is 0 Å². The molecule has 1 aliphatic carbocycles. The van der Waals surface area contributed by atoms with Crippen LogP contribution in [-0.2, 0) is 4.74 Å². The molecular weight excluding hydrogens is 152 g/mol. The Bertz CT molecular complexity index is 130. The molecule has 72 valence electrons. The molecule has 1 unspecified atom stereocenters. The van der Waals surface area contributed by atoms with Gasteiger partial charge in [-0.05, 0) is 25.2 Å². The summed E-state index contributed by atoms with van der Waals surface area (Å²) >= 11 is 0. The first-order valence-corrected chi connectivity index (χ1v) is 4.94. The second-order valence-corrected chi connectivity index (χ2v) is 3.87. The molecule has 1 rings (SSSR count). The standard InChI is InChI=1S/C10H20O2/c1-3-10(11,8-12-2)9-6-4-5-7-9/h9,11H,3-8H2,1-2H3. The van der Waals surface area contributed by atoms with Crippen LogP contribution in [0, 0.1) is 5.92 Å². The predicted molar refractivity (Wildman–Crippen MR) is 49.1 cm³/mol. The van der Waals surface area contributed by atoms with E-state index >= 15 is 0 Å². The van der Waals surface area contributed by atoms with Crippen molar-refractivity contribution >= 4 is 0 Å². The summed E-state index contributed by atoms with van der Waals surface area (Å²) in [6.45, 7) is 2.53. The Morgan fingerprint density at radius 1 is 1.42 bits per heavy atom. The molecular formula is C10H20O2. The van der Waals surface area contributed by atoms with Crippen LogP contribution < -0.4 is 0 Å². The fraction of sp³-hybridized carbons (Fsp3) is 1.00. The molecule has 0 radical (unpaired) electrons. The van der Waals surface area contributed by atoms with Gasteiger partial charge in [-0.2, -0.15) is 0 Å². The number of ether oxygens (including phenoxy) is 1. The molecule has 2 nitrogen and oxygen atoms in total. The van der Waals surface area contributed by atoms with Gasteiger partial charge < -0.3 is 9.84 Å². The van der Waals surface area contributed by atoms with Crippen molar-refractivity contribution in [2.45, 2.75) is 44.6 Å². The Balaban J connectivity index is 2.51. The van der Waals surface area contributed by atoms with Gasteiger partial charge in [-0.3, -0.25) is 0 Å². The van der Waals surface area contributed by atoms with Crippen LogP contribution in [0.2, 0.25) is 0 Å². The molecule has 0 aliphatic heterocycles. The highest BCUT2D eigenvalue weighted by Gasteiger charge is 2.36. The minimum atomic E-state index is -0.550. The van der Waals surface area contributed by atoms with Crippen LogP contribution in [0.3, 0.4) is 0 Å². The van der Waals surface area contributed by atoms with Crippen molar-refractivity contribution in [3.05, 3.63) is 0 Å². The highest BCUT2D eigenvalue weighted by molar-refractivity contribution is 4.87. The highest BCUT2D eigenvalue weighted by atomic mass is 16.5. The summed E-state index contributed by atoms with van der Waals surface area (Å²) in [5.41, 5.74) is -0.550. The van der Waals surface area contributed by atoms with Crippen LogP contribution in [0.15, 0.2) is 0 Å². The molecule has 0 aromatic carbocycles. The number of methoxy groups -OCH3 is 1. The average molecular weight is 172 g/mol. The third-order valence-electron chi connectivity index (χ3n) is 3.12. The third kappa shape index (κ3) is 1.99. The van der Waals surface area contributed by atoms with E-state index in [1.165, 1.54) is 25.7 Å². The van der Waals surface area contributed by atoms with E-state index < -0.39 is 5.60 Å². The summed E-state index contributed by atoms with van der Waals surface area (Å²) in [5, 5.41) is 10.2. The maximum atomic E-state index is 10.2. The molecule has 0 aromatic heterocycles. The van der Waals surface area contributed by atoms with Gasteiger partial charge in [0.05, 0.1) is 12.2 Å². The van der Waals surface area contributed by atoms with E-state index in [0.29, 0.717) is 12.5 Å². The average Bonchev–Trinajstić information content (AvgIpc) is 2.57. The smallest absolute Gasteiger partial charge is 0.0905 e. The van der Waals surface area contributed by atoms with Gasteiger partial charge in [0.25, 0.3) is 0 Å². The molecule has 0 spiro atoms. The molecule has 1 saturated carbocycles. The molecule has 2 heteroatoms. The zero-order valence-corrected chi connectivity index (χ0v) is 8.18. The SMILES string of the molecule is CCC(O)(COC)C1CCCC1. The number of hydrogen-bond donors (Lipinski definition) is 1. The van der Waals surface area contributed by atoms with Crippen molar-refractivity contribution in [1.29, 1.82) is 0 Å². The Morgan fingerprint density at radius 2 is 2.00 bits per heavy atom. The molecule has 0 aromatic rings. The van der Waals surface area contributed by atoms with Crippen LogP contribution in [0.5, 0.6) is 0 Å². The second-order valence-electron chi connectivity index (χ2n) is 3.87. The van der Waals surface area contributed by atoms with Crippen LogP contribution >= 0.6 is 0 Å². The van der Waals surface area contributed by atoms with E-state index in [1.807, 2.05) is 6.92 Å². The number of rotatable bonds is 4. The van der Waals surface area contributed by atoms with E-state index in [1.54, 1.807) is 7.11 Å². The van der Waals surface area contributed by atoms with Crippen molar-refractivity contribution in [2.24, 2.45) is 5.92 Å². The zero-order chi connectivity index (χ0) is 9.03. The monoisotopic (exact) mass is 172 g/mol. The molecule has 1 fully saturated rings. The van der Waals surface area contributed by atoms with Crippen molar-refractivity contribution in [1.82, 2.24) is 0 Å². The summed E-state index contributed by atoms with van der Waals surface area (Å²) in [6.07, 6.45) is 5.71.